The van der Waals surface area contributed by atoms with Gasteiger partial charge in [0.1, 0.15) is 18.7 Å². The van der Waals surface area contributed by atoms with Gasteiger partial charge in [-0.15, -0.1) is 0 Å². The molecule has 3 N–H and O–H groups in total. The Balaban J connectivity index is 1.48. The zero-order valence-corrected chi connectivity index (χ0v) is 19.6. The minimum atomic E-state index is -1.12. The van der Waals surface area contributed by atoms with Gasteiger partial charge in [-0.05, 0) is 36.1 Å². The first-order valence-electron chi connectivity index (χ1n) is 11.5. The molecule has 0 bridgehead atoms. The Kier molecular flexibility index (Phi) is 7.14. The maximum Gasteiger partial charge on any atom is 0.407 e. The van der Waals surface area contributed by atoms with E-state index < -0.39 is 30.1 Å². The molecule has 0 saturated heterocycles. The Morgan fingerprint density at radius 1 is 1.11 bits per heavy atom. The van der Waals surface area contributed by atoms with Gasteiger partial charge in [0, 0.05) is 30.8 Å². The van der Waals surface area contributed by atoms with Gasteiger partial charge >= 0.3 is 12.1 Å². The molecule has 182 valence electrons. The molecule has 2 amide bonds. The van der Waals surface area contributed by atoms with E-state index in [1.54, 1.807) is 13.1 Å². The highest BCUT2D eigenvalue weighted by Crippen LogP contribution is 2.44. The fraction of sp³-hybridized carbons (Fsp3) is 0.308. The number of carboxylic acid groups (broad SMARTS) is 1. The molecule has 0 radical (unpaired) electrons. The molecule has 0 saturated carbocycles. The number of imidazole rings is 1. The number of rotatable bonds is 9. The highest BCUT2D eigenvalue weighted by Gasteiger charge is 2.33. The van der Waals surface area contributed by atoms with Crippen molar-refractivity contribution >= 4 is 18.0 Å². The second kappa shape index (κ2) is 10.4. The molecule has 0 fully saturated rings. The molecular weight excluding hydrogens is 448 g/mol. The predicted molar refractivity (Wildman–Crippen MR) is 129 cm³/mol. The van der Waals surface area contributed by atoms with E-state index in [1.807, 2.05) is 36.4 Å². The van der Waals surface area contributed by atoms with Crippen LogP contribution >= 0.6 is 0 Å². The third-order valence-corrected chi connectivity index (χ3v) is 6.36. The summed E-state index contributed by atoms with van der Waals surface area (Å²) < 4.78 is 5.60. The molecule has 0 aliphatic heterocycles. The van der Waals surface area contributed by atoms with Crippen LogP contribution in [0.1, 0.15) is 36.6 Å². The fourth-order valence-electron chi connectivity index (χ4n) is 4.55. The number of nitrogens with one attached hydrogen (secondary N) is 2. The van der Waals surface area contributed by atoms with E-state index in [1.165, 1.54) is 18.2 Å². The number of carbonyl (C=O) groups excluding carboxylic acids is 2. The molecule has 9 heteroatoms. The molecule has 2 atom stereocenters. The number of aliphatic carboxylic acids is 1. The average Bonchev–Trinajstić information content (AvgIpc) is 3.48. The zero-order chi connectivity index (χ0) is 24.9. The molecule has 1 aliphatic carbocycles. The molecule has 9 nitrogen and oxygen atoms in total. The first-order chi connectivity index (χ1) is 16.9. The van der Waals surface area contributed by atoms with Crippen LogP contribution < -0.4 is 5.32 Å². The number of carbonyl (C=O) groups is 3. The van der Waals surface area contributed by atoms with Crippen LogP contribution in [0.5, 0.6) is 0 Å². The van der Waals surface area contributed by atoms with Gasteiger partial charge in [0.2, 0.25) is 5.91 Å². The summed E-state index contributed by atoms with van der Waals surface area (Å²) in [5.41, 5.74) is 5.02. The average molecular weight is 477 g/mol. The molecule has 35 heavy (non-hydrogen) atoms. The van der Waals surface area contributed by atoms with E-state index in [0.717, 1.165) is 22.3 Å². The topological polar surface area (TPSA) is 125 Å². The Morgan fingerprint density at radius 3 is 2.29 bits per heavy atom. The smallest absolute Gasteiger partial charge is 0.407 e. The second-order valence-electron chi connectivity index (χ2n) is 8.44. The summed E-state index contributed by atoms with van der Waals surface area (Å²) in [5, 5.41) is 12.0. The number of hydrogen-bond donors (Lipinski definition) is 3. The molecule has 2 aromatic carbocycles. The van der Waals surface area contributed by atoms with Crippen molar-refractivity contribution < 1.29 is 24.2 Å². The maximum absolute atomic E-state index is 13.2. The lowest BCUT2D eigenvalue weighted by atomic mass is 9.98. The quantitative estimate of drug-likeness (QED) is 0.436. The van der Waals surface area contributed by atoms with E-state index in [9.17, 15) is 19.5 Å². The third kappa shape index (κ3) is 5.03. The van der Waals surface area contributed by atoms with Crippen LogP contribution in [0.4, 0.5) is 4.79 Å². The molecular formula is C26H28N4O5. The SMILES string of the molecule is CCN(C(=O)[C@H](Cc1cnc[nH]1)NC(=O)OCC1c2ccccc2-c2ccccc21)C(C)C(=O)O. The van der Waals surface area contributed by atoms with Gasteiger partial charge in [0.05, 0.1) is 6.33 Å². The summed E-state index contributed by atoms with van der Waals surface area (Å²) in [6.45, 7) is 3.41. The van der Waals surface area contributed by atoms with Gasteiger partial charge in [-0.2, -0.15) is 0 Å². The molecule has 0 spiro atoms. The van der Waals surface area contributed by atoms with Crippen molar-refractivity contribution in [2.45, 2.75) is 38.3 Å². The van der Waals surface area contributed by atoms with Crippen LogP contribution in [0.25, 0.3) is 11.1 Å². The molecule has 1 unspecified atom stereocenters. The normalized spacial score (nSPS) is 13.9. The number of nitrogens with zero attached hydrogens (tertiary/aromatic N) is 2. The number of fused-ring (bicyclic) bond motifs is 3. The van der Waals surface area contributed by atoms with Crippen LogP contribution in [-0.2, 0) is 20.7 Å². The van der Waals surface area contributed by atoms with Crippen LogP contribution in [-0.4, -0.2) is 63.2 Å². The van der Waals surface area contributed by atoms with Crippen molar-refractivity contribution in [1.29, 1.82) is 0 Å². The number of H-pyrrole nitrogens is 1. The number of benzene rings is 2. The molecule has 1 aromatic heterocycles. The van der Waals surface area contributed by atoms with Gasteiger partial charge in [0.15, 0.2) is 0 Å². The van der Waals surface area contributed by atoms with Crippen LogP contribution in [0, 0.1) is 0 Å². The summed E-state index contributed by atoms with van der Waals surface area (Å²) in [7, 11) is 0. The van der Waals surface area contributed by atoms with Gasteiger partial charge in [-0.25, -0.2) is 14.6 Å². The van der Waals surface area contributed by atoms with Crippen molar-refractivity contribution in [1.82, 2.24) is 20.2 Å². The zero-order valence-electron chi connectivity index (χ0n) is 19.6. The van der Waals surface area contributed by atoms with Crippen molar-refractivity contribution in [2.24, 2.45) is 0 Å². The van der Waals surface area contributed by atoms with Gasteiger partial charge in [-0.1, -0.05) is 48.5 Å². The van der Waals surface area contributed by atoms with E-state index >= 15 is 0 Å². The first kappa shape index (κ1) is 24.0. The Bertz CT molecular complexity index is 1160. The third-order valence-electron chi connectivity index (χ3n) is 6.36. The number of aromatic amines is 1. The van der Waals surface area contributed by atoms with Crippen LogP contribution in [0.15, 0.2) is 61.1 Å². The minimum absolute atomic E-state index is 0.105. The number of hydrogen-bond acceptors (Lipinski definition) is 5. The number of alkyl carbamates (subject to hydrolysis) is 1. The van der Waals surface area contributed by atoms with Crippen molar-refractivity contribution in [3.8, 4) is 11.1 Å². The molecule has 1 aliphatic rings. The van der Waals surface area contributed by atoms with E-state index in [2.05, 4.69) is 27.4 Å². The van der Waals surface area contributed by atoms with Crippen molar-refractivity contribution in [2.75, 3.05) is 13.2 Å². The lowest BCUT2D eigenvalue weighted by molar-refractivity contribution is -0.150. The van der Waals surface area contributed by atoms with Gasteiger partial charge < -0.3 is 25.0 Å². The molecule has 3 aromatic rings. The number of ether oxygens (including phenoxy) is 1. The predicted octanol–water partition coefficient (Wildman–Crippen LogP) is 3.18. The van der Waals surface area contributed by atoms with Crippen LogP contribution in [0.2, 0.25) is 0 Å². The number of aromatic nitrogens is 2. The highest BCUT2D eigenvalue weighted by molar-refractivity contribution is 5.89. The highest BCUT2D eigenvalue weighted by atomic mass is 16.5. The summed E-state index contributed by atoms with van der Waals surface area (Å²) in [6.07, 6.45) is 2.40. The van der Waals surface area contributed by atoms with E-state index in [4.69, 9.17) is 4.74 Å². The lowest BCUT2D eigenvalue weighted by Crippen LogP contribution is -2.54. The van der Waals surface area contributed by atoms with Crippen molar-refractivity contribution in [3.05, 3.63) is 77.9 Å². The fourth-order valence-corrected chi connectivity index (χ4v) is 4.55. The molecule has 1 heterocycles. The summed E-state index contributed by atoms with van der Waals surface area (Å²) >= 11 is 0. The largest absolute Gasteiger partial charge is 0.480 e. The Hall–Kier alpha value is -4.14. The number of carboxylic acids is 1. The summed E-state index contributed by atoms with van der Waals surface area (Å²) in [4.78, 5) is 45.6. The minimum Gasteiger partial charge on any atom is -0.480 e. The second-order valence-corrected chi connectivity index (χ2v) is 8.44. The Labute approximate surface area is 203 Å². The standard InChI is InChI=1S/C26H28N4O5/c1-3-30(16(2)25(32)33)24(31)23(12-17-13-27-15-28-17)29-26(34)35-14-22-20-10-6-4-8-18(20)19-9-5-7-11-21(19)22/h4-11,13,15-16,22-23H,3,12,14H2,1-2H3,(H,27,28)(H,29,34)(H,32,33)/t16?,23-/m0/s1. The van der Waals surface area contributed by atoms with Crippen LogP contribution in [0.3, 0.4) is 0 Å². The maximum atomic E-state index is 13.2. The number of likely N-dealkylation sites (N-methyl/N-ethyl adjacent to an activating group) is 1. The first-order valence-corrected chi connectivity index (χ1v) is 11.5. The van der Waals surface area contributed by atoms with E-state index in [0.29, 0.717) is 5.69 Å². The van der Waals surface area contributed by atoms with Gasteiger partial charge in [0.25, 0.3) is 0 Å². The molecule has 4 rings (SSSR count). The summed E-state index contributed by atoms with van der Waals surface area (Å²) in [6, 6.07) is 14.0. The van der Waals surface area contributed by atoms with Crippen molar-refractivity contribution in [3.63, 3.8) is 0 Å². The monoisotopic (exact) mass is 476 g/mol. The Morgan fingerprint density at radius 2 is 1.74 bits per heavy atom. The lowest BCUT2D eigenvalue weighted by Gasteiger charge is -2.29. The van der Waals surface area contributed by atoms with Gasteiger partial charge in [-0.3, -0.25) is 4.79 Å². The number of amides is 2. The summed E-state index contributed by atoms with van der Waals surface area (Å²) in [5.74, 6) is -1.75. The van der Waals surface area contributed by atoms with E-state index in [-0.39, 0.29) is 25.5 Å².